The summed E-state index contributed by atoms with van der Waals surface area (Å²) in [5.41, 5.74) is 5.00. The third-order valence-corrected chi connectivity index (χ3v) is 8.38. The zero-order valence-electron chi connectivity index (χ0n) is 23.6. The molecule has 1 saturated heterocycles. The van der Waals surface area contributed by atoms with Gasteiger partial charge in [0.1, 0.15) is 5.75 Å². The average molecular weight is 556 g/mol. The molecule has 1 aliphatic heterocycles. The highest BCUT2D eigenvalue weighted by Gasteiger charge is 2.27. The summed E-state index contributed by atoms with van der Waals surface area (Å²) in [7, 11) is 3.40. The minimum atomic E-state index is -0.271. The van der Waals surface area contributed by atoms with Crippen LogP contribution in [0.1, 0.15) is 54.1 Å². The van der Waals surface area contributed by atoms with Crippen molar-refractivity contribution in [3.8, 4) is 17.0 Å². The summed E-state index contributed by atoms with van der Waals surface area (Å²) in [5, 5.41) is 13.2. The molecule has 9 nitrogen and oxygen atoms in total. The van der Waals surface area contributed by atoms with Gasteiger partial charge >= 0.3 is 0 Å². The van der Waals surface area contributed by atoms with Gasteiger partial charge in [-0.1, -0.05) is 18.2 Å². The zero-order valence-corrected chi connectivity index (χ0v) is 23.6. The number of amides is 1. The first-order valence-electron chi connectivity index (χ1n) is 14.4. The van der Waals surface area contributed by atoms with Crippen LogP contribution in [-0.4, -0.2) is 70.0 Å². The van der Waals surface area contributed by atoms with E-state index in [9.17, 15) is 9.90 Å². The second-order valence-electron chi connectivity index (χ2n) is 11.1. The number of pyridine rings is 1. The van der Waals surface area contributed by atoms with E-state index in [0.29, 0.717) is 23.0 Å². The Bertz CT molecular complexity index is 1530. The summed E-state index contributed by atoms with van der Waals surface area (Å²) < 4.78 is 13.2. The molecule has 2 aromatic carbocycles. The first-order valence-corrected chi connectivity index (χ1v) is 14.4. The number of hydrogen-bond donors (Lipinski definition) is 2. The van der Waals surface area contributed by atoms with Gasteiger partial charge in [-0.25, -0.2) is 4.98 Å². The number of likely N-dealkylation sites (tertiary alicyclic amines) is 1. The Kier molecular flexibility index (Phi) is 8.00. The number of aromatic nitrogens is 3. The minimum Gasteiger partial charge on any atom is -0.496 e. The highest BCUT2D eigenvalue weighted by Crippen LogP contribution is 2.35. The number of benzene rings is 2. The topological polar surface area (TPSA) is 102 Å². The van der Waals surface area contributed by atoms with Gasteiger partial charge in [0.05, 0.1) is 36.0 Å². The van der Waals surface area contributed by atoms with Gasteiger partial charge in [0, 0.05) is 50.1 Å². The second kappa shape index (κ2) is 12.0. The maximum absolute atomic E-state index is 13.6. The number of nitrogens with one attached hydrogen (secondary N) is 1. The number of imidazole rings is 1. The second-order valence-corrected chi connectivity index (χ2v) is 11.1. The fourth-order valence-electron chi connectivity index (χ4n) is 6.16. The van der Waals surface area contributed by atoms with E-state index in [-0.39, 0.29) is 24.2 Å². The van der Waals surface area contributed by atoms with Crippen LogP contribution in [0.2, 0.25) is 0 Å². The zero-order chi connectivity index (χ0) is 28.3. The molecular weight excluding hydrogens is 518 g/mol. The van der Waals surface area contributed by atoms with Crippen LogP contribution in [0.3, 0.4) is 0 Å². The Labute approximate surface area is 240 Å². The molecule has 6 rings (SSSR count). The summed E-state index contributed by atoms with van der Waals surface area (Å²) in [6, 6.07) is 17.7. The smallest absolute Gasteiger partial charge is 0.258 e. The molecule has 2 aliphatic rings. The number of aliphatic hydroxyl groups excluding tert-OH is 1. The first kappa shape index (κ1) is 27.4. The first-order chi connectivity index (χ1) is 20.0. The third kappa shape index (κ3) is 5.84. The van der Waals surface area contributed by atoms with E-state index in [1.165, 1.54) is 5.56 Å². The largest absolute Gasteiger partial charge is 0.496 e. The van der Waals surface area contributed by atoms with Crippen molar-refractivity contribution >= 4 is 22.9 Å². The van der Waals surface area contributed by atoms with E-state index < -0.39 is 0 Å². The van der Waals surface area contributed by atoms with Gasteiger partial charge in [-0.15, -0.1) is 0 Å². The number of nitrogens with zero attached hydrogens (tertiary/aromatic N) is 4. The number of methoxy groups -OCH3 is 2. The SMILES string of the molecule is COc1ccccc1-c1cc(C(=O)Nc2nc3cc(CN4CC[C@H](OC)C4)ccc3n2C2CCC(O)CC2)ccn1. The minimum absolute atomic E-state index is 0.146. The Morgan fingerprint density at radius 3 is 2.66 bits per heavy atom. The summed E-state index contributed by atoms with van der Waals surface area (Å²) >= 11 is 0. The third-order valence-electron chi connectivity index (χ3n) is 8.38. The standard InChI is InChI=1S/C32H37N5O4/c1-40-25-14-16-36(20-25)19-21-7-12-29-28(17-21)34-32(37(29)23-8-10-24(38)11-9-23)35-31(39)22-13-15-33-27(18-22)26-5-3-4-6-30(26)41-2/h3-7,12-13,15,17-18,23-25,38H,8-11,14,16,19-20H2,1-2H3,(H,34,35,39)/t23?,24?,25-/m0/s1. The summed E-state index contributed by atoms with van der Waals surface area (Å²) in [6.07, 6.45) is 5.83. The van der Waals surface area contributed by atoms with Gasteiger partial charge in [0.2, 0.25) is 5.95 Å². The number of carbonyl (C=O) groups excluding carboxylic acids is 1. The van der Waals surface area contributed by atoms with Gasteiger partial charge in [0.15, 0.2) is 0 Å². The number of aliphatic hydroxyl groups is 1. The molecule has 0 bridgehead atoms. The van der Waals surface area contributed by atoms with Crippen LogP contribution < -0.4 is 10.1 Å². The van der Waals surface area contributed by atoms with Crippen molar-refractivity contribution in [2.75, 3.05) is 32.6 Å². The van der Waals surface area contributed by atoms with Crippen LogP contribution in [0.25, 0.3) is 22.3 Å². The van der Waals surface area contributed by atoms with Crippen molar-refractivity contribution in [3.05, 3.63) is 71.9 Å². The Morgan fingerprint density at radius 1 is 1.05 bits per heavy atom. The van der Waals surface area contributed by atoms with E-state index >= 15 is 0 Å². The number of anilines is 1. The lowest BCUT2D eigenvalue weighted by Gasteiger charge is -2.28. The van der Waals surface area contributed by atoms with E-state index in [1.807, 2.05) is 24.3 Å². The quantitative estimate of drug-likeness (QED) is 0.314. The lowest BCUT2D eigenvalue weighted by molar-refractivity contribution is 0.102. The number of ether oxygens (including phenoxy) is 2. The molecule has 0 spiro atoms. The van der Waals surface area contributed by atoms with Crippen molar-refractivity contribution in [3.63, 3.8) is 0 Å². The molecule has 1 aliphatic carbocycles. The lowest BCUT2D eigenvalue weighted by Crippen LogP contribution is -2.24. The van der Waals surface area contributed by atoms with Crippen molar-refractivity contribution in [1.82, 2.24) is 19.4 Å². The Balaban J connectivity index is 1.30. The summed E-state index contributed by atoms with van der Waals surface area (Å²) in [4.78, 5) is 25.4. The van der Waals surface area contributed by atoms with Crippen molar-refractivity contribution < 1.29 is 19.4 Å². The van der Waals surface area contributed by atoms with Gasteiger partial charge in [-0.2, -0.15) is 0 Å². The molecule has 1 saturated carbocycles. The molecule has 9 heteroatoms. The number of hydrogen-bond acceptors (Lipinski definition) is 7. The van der Waals surface area contributed by atoms with Crippen LogP contribution in [-0.2, 0) is 11.3 Å². The Hall–Kier alpha value is -3.79. The molecule has 2 fully saturated rings. The van der Waals surface area contributed by atoms with Gasteiger partial charge in [-0.05, 0) is 74.1 Å². The Morgan fingerprint density at radius 2 is 1.88 bits per heavy atom. The summed E-state index contributed by atoms with van der Waals surface area (Å²) in [6.45, 7) is 2.78. The fourth-order valence-corrected chi connectivity index (χ4v) is 6.16. The molecule has 0 unspecified atom stereocenters. The predicted octanol–water partition coefficient (Wildman–Crippen LogP) is 5.06. The van der Waals surface area contributed by atoms with Crippen LogP contribution in [0.15, 0.2) is 60.8 Å². The highest BCUT2D eigenvalue weighted by atomic mass is 16.5. The molecule has 0 radical (unpaired) electrons. The molecule has 2 N–H and O–H groups in total. The molecular formula is C32H37N5O4. The number of para-hydroxylation sites is 1. The molecule has 4 aromatic rings. The number of carbonyl (C=O) groups is 1. The van der Waals surface area contributed by atoms with Crippen LogP contribution in [0.5, 0.6) is 5.75 Å². The highest BCUT2D eigenvalue weighted by molar-refractivity contribution is 6.04. The average Bonchev–Trinajstić information content (AvgIpc) is 3.61. The van der Waals surface area contributed by atoms with Crippen LogP contribution in [0.4, 0.5) is 5.95 Å². The molecule has 1 atom stereocenters. The normalized spacial score (nSPS) is 21.3. The van der Waals surface area contributed by atoms with Crippen LogP contribution >= 0.6 is 0 Å². The molecule has 214 valence electrons. The molecule has 41 heavy (non-hydrogen) atoms. The molecule has 1 amide bonds. The van der Waals surface area contributed by atoms with E-state index in [1.54, 1.807) is 32.5 Å². The maximum Gasteiger partial charge on any atom is 0.258 e. The summed E-state index contributed by atoms with van der Waals surface area (Å²) in [5.74, 6) is 0.972. The van der Waals surface area contributed by atoms with Crippen LogP contribution in [0, 0.1) is 0 Å². The van der Waals surface area contributed by atoms with Crippen molar-refractivity contribution in [2.24, 2.45) is 0 Å². The van der Waals surface area contributed by atoms with Gasteiger partial charge < -0.3 is 19.1 Å². The van der Waals surface area contributed by atoms with E-state index in [2.05, 4.69) is 38.0 Å². The lowest BCUT2D eigenvalue weighted by atomic mass is 9.93. The van der Waals surface area contributed by atoms with Crippen molar-refractivity contribution in [2.45, 2.75) is 56.9 Å². The maximum atomic E-state index is 13.6. The fraction of sp³-hybridized carbons (Fsp3) is 0.406. The monoisotopic (exact) mass is 555 g/mol. The predicted molar refractivity (Wildman–Crippen MR) is 158 cm³/mol. The molecule has 2 aromatic heterocycles. The number of rotatable bonds is 8. The van der Waals surface area contributed by atoms with Gasteiger partial charge in [0.25, 0.3) is 5.91 Å². The van der Waals surface area contributed by atoms with Crippen molar-refractivity contribution in [1.29, 1.82) is 0 Å². The van der Waals surface area contributed by atoms with E-state index in [0.717, 1.165) is 68.3 Å². The molecule has 3 heterocycles. The van der Waals surface area contributed by atoms with Gasteiger partial charge in [-0.3, -0.25) is 20.0 Å². The number of fused-ring (bicyclic) bond motifs is 1. The van der Waals surface area contributed by atoms with E-state index in [4.69, 9.17) is 14.5 Å².